The highest BCUT2D eigenvalue weighted by atomic mass is 16.4. The SMILES string of the molecule is O=C(c1ccccc1Cn1cncn1)N1C[C@@H]2CCC[C@@]2(C(=O)O)C1. The number of fused-ring (bicyclic) bond motifs is 1. The van der Waals surface area contributed by atoms with Gasteiger partial charge in [0.05, 0.1) is 12.0 Å². The fraction of sp³-hybridized carbons (Fsp3) is 0.444. The van der Waals surface area contributed by atoms with Crippen LogP contribution in [0.15, 0.2) is 36.9 Å². The molecule has 1 aliphatic carbocycles. The van der Waals surface area contributed by atoms with Crippen molar-refractivity contribution in [3.63, 3.8) is 0 Å². The normalized spacial score (nSPS) is 25.1. The molecule has 1 saturated carbocycles. The Morgan fingerprint density at radius 1 is 1.32 bits per heavy atom. The summed E-state index contributed by atoms with van der Waals surface area (Å²) in [5, 5.41) is 13.8. The van der Waals surface area contributed by atoms with E-state index in [1.807, 2.05) is 18.2 Å². The fourth-order valence-corrected chi connectivity index (χ4v) is 4.32. The topological polar surface area (TPSA) is 88.3 Å². The molecule has 4 rings (SSSR count). The monoisotopic (exact) mass is 340 g/mol. The van der Waals surface area contributed by atoms with Crippen LogP contribution in [0.2, 0.25) is 0 Å². The molecule has 1 N–H and O–H groups in total. The Kier molecular flexibility index (Phi) is 3.78. The number of benzene rings is 1. The molecule has 7 heteroatoms. The molecule has 1 amide bonds. The van der Waals surface area contributed by atoms with Crippen LogP contribution in [0.1, 0.15) is 35.2 Å². The lowest BCUT2D eigenvalue weighted by Crippen LogP contribution is -2.37. The summed E-state index contributed by atoms with van der Waals surface area (Å²) in [6.45, 7) is 1.30. The van der Waals surface area contributed by atoms with Gasteiger partial charge in [-0.25, -0.2) is 9.67 Å². The van der Waals surface area contributed by atoms with E-state index >= 15 is 0 Å². The number of rotatable bonds is 4. The van der Waals surface area contributed by atoms with Crippen molar-refractivity contribution in [1.29, 1.82) is 0 Å². The van der Waals surface area contributed by atoms with Crippen LogP contribution in [0.5, 0.6) is 0 Å². The van der Waals surface area contributed by atoms with Crippen molar-refractivity contribution < 1.29 is 14.7 Å². The molecular formula is C18H20N4O3. The fourth-order valence-electron chi connectivity index (χ4n) is 4.32. The van der Waals surface area contributed by atoms with E-state index in [1.165, 1.54) is 6.33 Å². The summed E-state index contributed by atoms with van der Waals surface area (Å²) in [5.74, 6) is -0.789. The molecule has 0 radical (unpaired) electrons. The predicted octanol–water partition coefficient (Wildman–Crippen LogP) is 1.65. The third-order valence-electron chi connectivity index (χ3n) is 5.63. The Balaban J connectivity index is 1.59. The van der Waals surface area contributed by atoms with Gasteiger partial charge in [-0.3, -0.25) is 9.59 Å². The summed E-state index contributed by atoms with van der Waals surface area (Å²) in [4.78, 5) is 30.6. The van der Waals surface area contributed by atoms with E-state index in [2.05, 4.69) is 10.1 Å². The van der Waals surface area contributed by atoms with Gasteiger partial charge in [0.25, 0.3) is 5.91 Å². The largest absolute Gasteiger partial charge is 0.481 e. The number of hydrogen-bond acceptors (Lipinski definition) is 4. The van der Waals surface area contributed by atoms with E-state index in [0.29, 0.717) is 31.6 Å². The van der Waals surface area contributed by atoms with Crippen LogP contribution >= 0.6 is 0 Å². The first-order chi connectivity index (χ1) is 12.1. The maximum atomic E-state index is 13.1. The minimum atomic E-state index is -0.763. The average Bonchev–Trinajstić information content (AvgIpc) is 3.30. The maximum absolute atomic E-state index is 13.1. The summed E-state index contributed by atoms with van der Waals surface area (Å²) in [7, 11) is 0. The van der Waals surface area contributed by atoms with E-state index in [9.17, 15) is 14.7 Å². The van der Waals surface area contributed by atoms with Crippen LogP contribution in [0.4, 0.5) is 0 Å². The van der Waals surface area contributed by atoms with Crippen molar-refractivity contribution in [3.8, 4) is 0 Å². The summed E-state index contributed by atoms with van der Waals surface area (Å²) >= 11 is 0. The van der Waals surface area contributed by atoms with E-state index in [4.69, 9.17) is 0 Å². The molecule has 2 heterocycles. The number of nitrogens with zero attached hydrogens (tertiary/aromatic N) is 4. The van der Waals surface area contributed by atoms with Crippen LogP contribution in [-0.2, 0) is 11.3 Å². The molecule has 2 aliphatic rings. The third-order valence-corrected chi connectivity index (χ3v) is 5.63. The number of carboxylic acids is 1. The zero-order chi connectivity index (χ0) is 17.4. The van der Waals surface area contributed by atoms with Crippen LogP contribution < -0.4 is 0 Å². The van der Waals surface area contributed by atoms with Gasteiger partial charge in [0.2, 0.25) is 0 Å². The average molecular weight is 340 g/mol. The van der Waals surface area contributed by atoms with Crippen molar-refractivity contribution in [2.75, 3.05) is 13.1 Å². The van der Waals surface area contributed by atoms with Gasteiger partial charge in [-0.05, 0) is 30.4 Å². The van der Waals surface area contributed by atoms with Crippen molar-refractivity contribution in [1.82, 2.24) is 19.7 Å². The molecule has 0 unspecified atom stereocenters. The Bertz CT molecular complexity index is 804. The summed E-state index contributed by atoms with van der Waals surface area (Å²) < 4.78 is 1.67. The van der Waals surface area contributed by atoms with Gasteiger partial charge in [0.1, 0.15) is 12.7 Å². The van der Waals surface area contributed by atoms with Gasteiger partial charge in [-0.1, -0.05) is 24.6 Å². The lowest BCUT2D eigenvalue weighted by Gasteiger charge is -2.23. The third kappa shape index (κ3) is 2.59. The predicted molar refractivity (Wildman–Crippen MR) is 88.9 cm³/mol. The van der Waals surface area contributed by atoms with Gasteiger partial charge in [-0.2, -0.15) is 5.10 Å². The molecule has 2 aromatic rings. The first-order valence-electron chi connectivity index (χ1n) is 8.53. The second-order valence-corrected chi connectivity index (χ2v) is 6.99. The lowest BCUT2D eigenvalue weighted by molar-refractivity contribution is -0.149. The molecule has 2 fully saturated rings. The molecule has 0 spiro atoms. The number of carboxylic acid groups (broad SMARTS) is 1. The molecule has 0 bridgehead atoms. The lowest BCUT2D eigenvalue weighted by atomic mass is 9.81. The van der Waals surface area contributed by atoms with Crippen molar-refractivity contribution in [2.45, 2.75) is 25.8 Å². The molecule has 1 aromatic heterocycles. The minimum Gasteiger partial charge on any atom is -0.481 e. The summed E-state index contributed by atoms with van der Waals surface area (Å²) in [5.41, 5.74) is 0.717. The van der Waals surface area contributed by atoms with Crippen LogP contribution in [0, 0.1) is 11.3 Å². The van der Waals surface area contributed by atoms with Gasteiger partial charge < -0.3 is 10.0 Å². The quantitative estimate of drug-likeness (QED) is 0.914. The summed E-state index contributed by atoms with van der Waals surface area (Å²) in [6, 6.07) is 7.43. The van der Waals surface area contributed by atoms with Gasteiger partial charge in [-0.15, -0.1) is 0 Å². The first-order valence-corrected chi connectivity index (χ1v) is 8.53. The van der Waals surface area contributed by atoms with Crippen molar-refractivity contribution >= 4 is 11.9 Å². The van der Waals surface area contributed by atoms with Crippen LogP contribution in [0.3, 0.4) is 0 Å². The molecule has 1 saturated heterocycles. The Morgan fingerprint density at radius 2 is 2.16 bits per heavy atom. The van der Waals surface area contributed by atoms with Gasteiger partial charge in [0, 0.05) is 18.7 Å². The molecule has 130 valence electrons. The van der Waals surface area contributed by atoms with Gasteiger partial charge in [0.15, 0.2) is 0 Å². The van der Waals surface area contributed by atoms with E-state index in [1.54, 1.807) is 22.0 Å². The highest BCUT2D eigenvalue weighted by Gasteiger charge is 2.55. The second-order valence-electron chi connectivity index (χ2n) is 6.99. The molecule has 7 nitrogen and oxygen atoms in total. The molecule has 1 aromatic carbocycles. The van der Waals surface area contributed by atoms with Gasteiger partial charge >= 0.3 is 5.97 Å². The van der Waals surface area contributed by atoms with E-state index in [0.717, 1.165) is 18.4 Å². The van der Waals surface area contributed by atoms with E-state index < -0.39 is 11.4 Å². The molecule has 25 heavy (non-hydrogen) atoms. The molecular weight excluding hydrogens is 320 g/mol. The zero-order valence-electron chi connectivity index (χ0n) is 13.8. The number of aliphatic carboxylic acids is 1. The first kappa shape index (κ1) is 15.8. The van der Waals surface area contributed by atoms with Crippen molar-refractivity contribution in [2.24, 2.45) is 11.3 Å². The number of aromatic nitrogens is 3. The number of carbonyl (C=O) groups excluding carboxylic acids is 1. The highest BCUT2D eigenvalue weighted by molar-refractivity contribution is 5.96. The zero-order valence-corrected chi connectivity index (χ0v) is 13.8. The van der Waals surface area contributed by atoms with Crippen LogP contribution in [-0.4, -0.2) is 49.7 Å². The molecule has 2 atom stereocenters. The number of amides is 1. The van der Waals surface area contributed by atoms with Crippen molar-refractivity contribution in [3.05, 3.63) is 48.0 Å². The Labute approximate surface area is 145 Å². The van der Waals surface area contributed by atoms with E-state index in [-0.39, 0.29) is 11.8 Å². The Hall–Kier alpha value is -2.70. The van der Waals surface area contributed by atoms with Crippen LogP contribution in [0.25, 0.3) is 0 Å². The molecule has 1 aliphatic heterocycles. The smallest absolute Gasteiger partial charge is 0.311 e. The maximum Gasteiger partial charge on any atom is 0.311 e. The number of carbonyl (C=O) groups is 2. The number of likely N-dealkylation sites (tertiary alicyclic amines) is 1. The number of hydrogen-bond donors (Lipinski definition) is 1. The minimum absolute atomic E-state index is 0.0661. The second kappa shape index (κ2) is 5.98. The standard InChI is InChI=1S/C18H20N4O3/c23-16(21-9-14-5-3-7-18(14,10-21)17(24)25)15-6-2-1-4-13(15)8-22-12-19-11-20-22/h1-2,4,6,11-12,14H,3,5,7-10H2,(H,24,25)/t14-,18+/m0/s1. The summed E-state index contributed by atoms with van der Waals surface area (Å²) in [6.07, 6.45) is 5.56. The Morgan fingerprint density at radius 3 is 2.88 bits per heavy atom. The highest BCUT2D eigenvalue weighted by Crippen LogP contribution is 2.49.